The first-order valence-electron chi connectivity index (χ1n) is 11.2. The largest absolute Gasteiger partial charge is 2.00 e. The summed E-state index contributed by atoms with van der Waals surface area (Å²) in [5, 5.41) is 2.90. The van der Waals surface area contributed by atoms with Crippen molar-refractivity contribution in [2.75, 3.05) is 0 Å². The Labute approximate surface area is 228 Å². The molecule has 0 radical (unpaired) electrons. The van der Waals surface area contributed by atoms with Crippen molar-refractivity contribution in [1.82, 2.24) is 0 Å². The van der Waals surface area contributed by atoms with Gasteiger partial charge in [0, 0.05) is 11.8 Å². The second-order valence-electron chi connectivity index (χ2n) is 8.73. The van der Waals surface area contributed by atoms with E-state index in [1.165, 1.54) is 51.1 Å². The fourth-order valence-corrected chi connectivity index (χ4v) is 6.10. The molecule has 0 spiro atoms. The molecule has 2 unspecified atom stereocenters. The van der Waals surface area contributed by atoms with Gasteiger partial charge in [0.2, 0.25) is 0 Å². The summed E-state index contributed by atoms with van der Waals surface area (Å²) in [6.07, 6.45) is 11.6. The first-order valence-corrected chi connectivity index (χ1v) is 11.2. The van der Waals surface area contributed by atoms with Crippen molar-refractivity contribution in [3.8, 4) is 11.1 Å². The van der Waals surface area contributed by atoms with Crippen molar-refractivity contribution in [2.24, 2.45) is 11.8 Å². The van der Waals surface area contributed by atoms with Crippen molar-refractivity contribution in [1.29, 1.82) is 0 Å². The van der Waals surface area contributed by atoms with Gasteiger partial charge in [-0.25, -0.2) is 0 Å². The summed E-state index contributed by atoms with van der Waals surface area (Å²) in [4.78, 5) is 0. The molecule has 0 bridgehead atoms. The fraction of sp³-hybridized carbons (Fsp3) is 0.200. The van der Waals surface area contributed by atoms with Crippen LogP contribution >= 0.6 is 0 Å². The number of hydrogen-bond donors (Lipinski definition) is 0. The molecule has 0 nitrogen and oxygen atoms in total. The molecule has 0 heterocycles. The second kappa shape index (κ2) is 10.7. The van der Waals surface area contributed by atoms with E-state index in [1.807, 2.05) is 0 Å². The van der Waals surface area contributed by atoms with Crippen molar-refractivity contribution in [3.05, 3.63) is 119 Å². The molecule has 2 atom stereocenters. The minimum atomic E-state index is 0. The van der Waals surface area contributed by atoms with E-state index < -0.39 is 0 Å². The van der Waals surface area contributed by atoms with E-state index >= 15 is 0 Å². The molecule has 6 rings (SSSR count). The Morgan fingerprint density at radius 3 is 1.94 bits per heavy atom. The number of fused-ring (bicyclic) bond motifs is 5. The molecule has 3 aromatic rings. The Bertz CT molecular complexity index is 1290. The van der Waals surface area contributed by atoms with Crippen LogP contribution in [0.3, 0.4) is 0 Å². The van der Waals surface area contributed by atoms with Gasteiger partial charge in [0.1, 0.15) is 0 Å². The zero-order valence-electron chi connectivity index (χ0n) is 18.6. The van der Waals surface area contributed by atoms with E-state index in [-0.39, 0.29) is 51.0 Å². The van der Waals surface area contributed by atoms with Gasteiger partial charge in [0.25, 0.3) is 0 Å². The van der Waals surface area contributed by atoms with Crippen LogP contribution in [0.25, 0.3) is 22.3 Å². The first kappa shape index (κ1) is 26.0. The number of benzene rings is 3. The molecule has 0 saturated carbocycles. The van der Waals surface area contributed by atoms with E-state index in [1.54, 1.807) is 5.57 Å². The molecule has 0 aliphatic heterocycles. The summed E-state index contributed by atoms with van der Waals surface area (Å²) < 4.78 is 0. The maximum absolute atomic E-state index is 2.42. The van der Waals surface area contributed by atoms with E-state index in [0.717, 1.165) is 0 Å². The predicted octanol–water partition coefficient (Wildman–Crippen LogP) is -0.0219. The summed E-state index contributed by atoms with van der Waals surface area (Å²) in [7, 11) is 0. The van der Waals surface area contributed by atoms with Gasteiger partial charge in [-0.3, -0.25) is 0 Å². The SMILES string of the molecule is CCCC(C1=c2ccccc2=C2C=CC=CC21)C1c2ccccc2-c2ccccc21.[Cl-].[Cl-].[Zr+2]. The van der Waals surface area contributed by atoms with E-state index in [9.17, 15) is 0 Å². The molecule has 0 aromatic heterocycles. The molecule has 164 valence electrons. The van der Waals surface area contributed by atoms with Crippen molar-refractivity contribution < 1.29 is 51.0 Å². The van der Waals surface area contributed by atoms with Crippen LogP contribution in [0.5, 0.6) is 0 Å². The predicted molar refractivity (Wildman–Crippen MR) is 126 cm³/mol. The molecular weight excluding hydrogens is 522 g/mol. The van der Waals surface area contributed by atoms with E-state index in [4.69, 9.17) is 0 Å². The van der Waals surface area contributed by atoms with Gasteiger partial charge in [0.15, 0.2) is 0 Å². The van der Waals surface area contributed by atoms with Crippen LogP contribution in [-0.2, 0) is 26.2 Å². The molecule has 0 fully saturated rings. The van der Waals surface area contributed by atoms with Crippen LogP contribution in [0.1, 0.15) is 36.8 Å². The minimum absolute atomic E-state index is 0. The Morgan fingerprint density at radius 1 is 0.727 bits per heavy atom. The van der Waals surface area contributed by atoms with Crippen LogP contribution in [-0.4, -0.2) is 0 Å². The number of hydrogen-bond acceptors (Lipinski definition) is 0. The third-order valence-corrected chi connectivity index (χ3v) is 7.19. The molecule has 0 saturated heterocycles. The third kappa shape index (κ3) is 4.07. The van der Waals surface area contributed by atoms with Gasteiger partial charge in [-0.2, -0.15) is 0 Å². The Morgan fingerprint density at radius 2 is 1.30 bits per heavy atom. The minimum Gasteiger partial charge on any atom is -1.00 e. The van der Waals surface area contributed by atoms with E-state index in [0.29, 0.717) is 17.8 Å². The second-order valence-corrected chi connectivity index (χ2v) is 8.73. The van der Waals surface area contributed by atoms with Gasteiger partial charge in [-0.05, 0) is 56.2 Å². The van der Waals surface area contributed by atoms with Crippen molar-refractivity contribution in [2.45, 2.75) is 25.7 Å². The zero-order chi connectivity index (χ0) is 20.1. The fourth-order valence-electron chi connectivity index (χ4n) is 6.10. The van der Waals surface area contributed by atoms with Gasteiger partial charge < -0.3 is 24.8 Å². The van der Waals surface area contributed by atoms with Crippen LogP contribution in [0.4, 0.5) is 0 Å². The number of allylic oxidation sites excluding steroid dienone is 4. The summed E-state index contributed by atoms with van der Waals surface area (Å²) in [5.41, 5.74) is 8.96. The third-order valence-electron chi connectivity index (χ3n) is 7.19. The summed E-state index contributed by atoms with van der Waals surface area (Å²) in [6.45, 7) is 2.34. The van der Waals surface area contributed by atoms with Crippen LogP contribution < -0.4 is 35.3 Å². The summed E-state index contributed by atoms with van der Waals surface area (Å²) >= 11 is 0. The average molecular weight is 549 g/mol. The summed E-state index contributed by atoms with van der Waals surface area (Å²) in [5.74, 6) is 1.34. The monoisotopic (exact) mass is 546 g/mol. The van der Waals surface area contributed by atoms with Gasteiger partial charge >= 0.3 is 26.2 Å². The molecule has 3 aliphatic rings. The summed E-state index contributed by atoms with van der Waals surface area (Å²) in [6, 6.07) is 27.2. The van der Waals surface area contributed by atoms with Crippen LogP contribution in [0.15, 0.2) is 97.1 Å². The molecule has 3 aromatic carbocycles. The molecule has 0 N–H and O–H groups in total. The van der Waals surface area contributed by atoms with E-state index in [2.05, 4.69) is 104 Å². The number of rotatable bonds is 4. The molecule has 3 heteroatoms. The van der Waals surface area contributed by atoms with Gasteiger partial charge in [-0.1, -0.05) is 110 Å². The molecule has 0 amide bonds. The normalized spacial score (nSPS) is 17.7. The molecule has 33 heavy (non-hydrogen) atoms. The van der Waals surface area contributed by atoms with Gasteiger partial charge in [-0.15, -0.1) is 0 Å². The zero-order valence-corrected chi connectivity index (χ0v) is 22.6. The van der Waals surface area contributed by atoms with Crippen LogP contribution in [0.2, 0.25) is 0 Å². The topological polar surface area (TPSA) is 0 Å². The Balaban J connectivity index is 0.00000102. The maximum Gasteiger partial charge on any atom is 2.00 e. The average Bonchev–Trinajstić information content (AvgIpc) is 3.31. The van der Waals surface area contributed by atoms with Crippen molar-refractivity contribution in [3.63, 3.8) is 0 Å². The smallest absolute Gasteiger partial charge is 1.00 e. The quantitative estimate of drug-likeness (QED) is 0.430. The van der Waals surface area contributed by atoms with Gasteiger partial charge in [0.05, 0.1) is 0 Å². The Hall–Kier alpha value is -1.66. The molecule has 3 aliphatic carbocycles. The number of halogens is 2. The maximum atomic E-state index is 2.42. The van der Waals surface area contributed by atoms with Crippen molar-refractivity contribution >= 4 is 11.1 Å². The molecular formula is C30H26Cl2Zr. The standard InChI is InChI=1S/C30H26.2ClH.Zr/c1-2-11-28(29-24-16-7-3-12-20(24)21-13-4-8-17-25(21)29)30-26-18-9-5-14-22(26)23-15-6-10-19-27(23)30;;;/h3-10,12-19,24,28,30H,2,11H2,1H3;2*1H;/q;;;+2/p-2. The van der Waals surface area contributed by atoms with Crippen LogP contribution in [0, 0.1) is 11.8 Å². The first-order chi connectivity index (χ1) is 14.9. The Kier molecular flexibility index (Phi) is 8.44.